The molecule has 0 aliphatic rings. The molecule has 2 aromatic rings. The van der Waals surface area contributed by atoms with E-state index in [2.05, 4.69) is 0 Å². The molecule has 0 aliphatic carbocycles. The van der Waals surface area contributed by atoms with Crippen molar-refractivity contribution in [3.05, 3.63) is 38.6 Å². The zero-order valence-electron chi connectivity index (χ0n) is 11.0. The zero-order valence-corrected chi connectivity index (χ0v) is 11.7. The van der Waals surface area contributed by atoms with Crippen molar-refractivity contribution in [2.75, 3.05) is 0 Å². The summed E-state index contributed by atoms with van der Waals surface area (Å²) in [5, 5.41) is 10.1. The normalized spacial score (nSPS) is 10.9. The third-order valence-electron chi connectivity index (χ3n) is 3.20. The van der Waals surface area contributed by atoms with E-state index in [9.17, 15) is 14.7 Å². The number of halogens is 1. The van der Waals surface area contributed by atoms with E-state index in [1.54, 1.807) is 23.8 Å². The Bertz CT molecular complexity index is 747. The molecule has 0 saturated heterocycles. The SMILES string of the molecule is CCn1cc(C(C)=O)c(=O)c2c(Cl)c(O)c(C)cc21. The van der Waals surface area contributed by atoms with Crippen LogP contribution in [0, 0.1) is 6.92 Å². The molecule has 100 valence electrons. The Labute approximate surface area is 115 Å². The van der Waals surface area contributed by atoms with Gasteiger partial charge in [0.05, 0.1) is 21.5 Å². The summed E-state index contributed by atoms with van der Waals surface area (Å²) in [6, 6.07) is 1.70. The van der Waals surface area contributed by atoms with Crippen molar-refractivity contribution in [2.24, 2.45) is 0 Å². The summed E-state index contributed by atoms with van der Waals surface area (Å²) in [5.74, 6) is -0.431. The van der Waals surface area contributed by atoms with Crippen LogP contribution in [0.1, 0.15) is 29.8 Å². The molecule has 4 nitrogen and oxygen atoms in total. The van der Waals surface area contributed by atoms with Crippen LogP contribution in [-0.2, 0) is 6.54 Å². The minimum atomic E-state index is -0.437. The summed E-state index contributed by atoms with van der Waals surface area (Å²) < 4.78 is 1.78. The Morgan fingerprint density at radius 1 is 1.47 bits per heavy atom. The van der Waals surface area contributed by atoms with Crippen LogP contribution < -0.4 is 5.43 Å². The van der Waals surface area contributed by atoms with Crippen LogP contribution in [0.25, 0.3) is 10.9 Å². The fourth-order valence-corrected chi connectivity index (χ4v) is 2.45. The molecule has 0 radical (unpaired) electrons. The number of hydrogen-bond donors (Lipinski definition) is 1. The summed E-state index contributed by atoms with van der Waals surface area (Å²) in [6.07, 6.45) is 1.54. The molecule has 0 spiro atoms. The molecule has 0 atom stereocenters. The van der Waals surface area contributed by atoms with Gasteiger partial charge < -0.3 is 9.67 Å². The highest BCUT2D eigenvalue weighted by molar-refractivity contribution is 6.37. The number of rotatable bonds is 2. The average molecular weight is 280 g/mol. The fourth-order valence-electron chi connectivity index (χ4n) is 2.12. The highest BCUT2D eigenvalue weighted by atomic mass is 35.5. The number of nitrogens with zero attached hydrogens (tertiary/aromatic N) is 1. The van der Waals surface area contributed by atoms with Gasteiger partial charge in [0.1, 0.15) is 5.75 Å². The van der Waals surface area contributed by atoms with Gasteiger partial charge in [-0.3, -0.25) is 9.59 Å². The van der Waals surface area contributed by atoms with E-state index in [0.717, 1.165) is 0 Å². The van der Waals surface area contributed by atoms with E-state index < -0.39 is 5.43 Å². The molecule has 5 heteroatoms. The maximum absolute atomic E-state index is 12.3. The Kier molecular flexibility index (Phi) is 3.37. The van der Waals surface area contributed by atoms with E-state index in [1.165, 1.54) is 6.92 Å². The number of aryl methyl sites for hydroxylation is 2. The van der Waals surface area contributed by atoms with E-state index in [0.29, 0.717) is 17.6 Å². The number of fused-ring (bicyclic) bond motifs is 1. The standard InChI is InChI=1S/C14H14ClNO3/c1-4-16-6-9(8(3)17)14(19)11-10(16)5-7(2)13(18)12(11)15/h5-6,18H,4H2,1-3H3. The van der Waals surface area contributed by atoms with Gasteiger partial charge >= 0.3 is 0 Å². The largest absolute Gasteiger partial charge is 0.506 e. The Morgan fingerprint density at radius 2 is 2.11 bits per heavy atom. The van der Waals surface area contributed by atoms with Crippen molar-refractivity contribution in [3.8, 4) is 5.75 Å². The van der Waals surface area contributed by atoms with Crippen LogP contribution in [0.4, 0.5) is 0 Å². The molecule has 0 amide bonds. The van der Waals surface area contributed by atoms with Gasteiger partial charge in [0, 0.05) is 12.7 Å². The second-order valence-electron chi connectivity index (χ2n) is 4.46. The molecule has 1 aromatic carbocycles. The van der Waals surface area contributed by atoms with Crippen LogP contribution in [-0.4, -0.2) is 15.5 Å². The minimum absolute atomic E-state index is 0.00491. The molecule has 0 saturated carbocycles. The van der Waals surface area contributed by atoms with Gasteiger partial charge in [-0.25, -0.2) is 0 Å². The highest BCUT2D eigenvalue weighted by Crippen LogP contribution is 2.33. The van der Waals surface area contributed by atoms with Crippen molar-refractivity contribution >= 4 is 28.3 Å². The maximum atomic E-state index is 12.3. The van der Waals surface area contributed by atoms with Gasteiger partial charge in [-0.15, -0.1) is 0 Å². The first-order valence-electron chi connectivity index (χ1n) is 5.94. The van der Waals surface area contributed by atoms with Crippen molar-refractivity contribution in [3.63, 3.8) is 0 Å². The second kappa shape index (κ2) is 4.70. The van der Waals surface area contributed by atoms with E-state index >= 15 is 0 Å². The highest BCUT2D eigenvalue weighted by Gasteiger charge is 2.17. The summed E-state index contributed by atoms with van der Waals surface area (Å²) in [5.41, 5.74) is 0.861. The van der Waals surface area contributed by atoms with Crippen LogP contribution >= 0.6 is 11.6 Å². The molecule has 0 aliphatic heterocycles. The van der Waals surface area contributed by atoms with Crippen molar-refractivity contribution in [2.45, 2.75) is 27.3 Å². The third kappa shape index (κ3) is 2.02. The number of Topliss-reactive ketones (excluding diaryl/α,β-unsaturated/α-hetero) is 1. The molecule has 0 bridgehead atoms. The molecular formula is C14H14ClNO3. The van der Waals surface area contributed by atoms with Gasteiger partial charge in [0.2, 0.25) is 5.43 Å². The van der Waals surface area contributed by atoms with Crippen LogP contribution in [0.5, 0.6) is 5.75 Å². The molecule has 1 aromatic heterocycles. The predicted molar refractivity (Wildman–Crippen MR) is 75.3 cm³/mol. The van der Waals surface area contributed by atoms with Crippen LogP contribution in [0.2, 0.25) is 5.02 Å². The van der Waals surface area contributed by atoms with Gasteiger partial charge in [-0.1, -0.05) is 11.6 Å². The van der Waals surface area contributed by atoms with Crippen LogP contribution in [0.15, 0.2) is 17.1 Å². The molecule has 2 rings (SSSR count). The number of phenols is 1. The third-order valence-corrected chi connectivity index (χ3v) is 3.56. The molecule has 1 heterocycles. The van der Waals surface area contributed by atoms with E-state index in [1.807, 2.05) is 6.92 Å². The summed E-state index contributed by atoms with van der Waals surface area (Å²) in [6.45, 7) is 5.55. The minimum Gasteiger partial charge on any atom is -0.506 e. The lowest BCUT2D eigenvalue weighted by Gasteiger charge is -2.13. The number of pyridine rings is 1. The number of carbonyl (C=O) groups excluding carboxylic acids is 1. The Morgan fingerprint density at radius 3 is 2.63 bits per heavy atom. The number of benzene rings is 1. The number of ketones is 1. The number of carbonyl (C=O) groups is 1. The molecule has 0 unspecified atom stereocenters. The number of aromatic nitrogens is 1. The zero-order chi connectivity index (χ0) is 14.3. The smallest absolute Gasteiger partial charge is 0.201 e. The number of phenolic OH excluding ortho intramolecular Hbond substituents is 1. The Hall–Kier alpha value is -1.81. The quantitative estimate of drug-likeness (QED) is 0.860. The molecule has 1 N–H and O–H groups in total. The van der Waals surface area contributed by atoms with E-state index in [-0.39, 0.29) is 27.5 Å². The topological polar surface area (TPSA) is 59.3 Å². The summed E-state index contributed by atoms with van der Waals surface area (Å²) >= 11 is 6.07. The monoisotopic (exact) mass is 279 g/mol. The van der Waals surface area contributed by atoms with Gasteiger partial charge in [-0.05, 0) is 32.4 Å². The molecule has 19 heavy (non-hydrogen) atoms. The van der Waals surface area contributed by atoms with Crippen LogP contribution in [0.3, 0.4) is 0 Å². The Balaban J connectivity index is 3.09. The maximum Gasteiger partial charge on any atom is 0.201 e. The first-order chi connectivity index (χ1) is 8.88. The first kappa shape index (κ1) is 13.6. The lowest BCUT2D eigenvalue weighted by Crippen LogP contribution is -2.18. The van der Waals surface area contributed by atoms with Crippen molar-refractivity contribution in [1.82, 2.24) is 4.57 Å². The van der Waals surface area contributed by atoms with Gasteiger partial charge in [0.25, 0.3) is 0 Å². The summed E-state index contributed by atoms with van der Waals surface area (Å²) in [4.78, 5) is 23.8. The number of aromatic hydroxyl groups is 1. The fraction of sp³-hybridized carbons (Fsp3) is 0.286. The average Bonchev–Trinajstić information content (AvgIpc) is 2.35. The van der Waals surface area contributed by atoms with E-state index in [4.69, 9.17) is 11.6 Å². The molecule has 0 fully saturated rings. The summed E-state index contributed by atoms with van der Waals surface area (Å²) in [7, 11) is 0. The van der Waals surface area contributed by atoms with Gasteiger partial charge in [-0.2, -0.15) is 0 Å². The van der Waals surface area contributed by atoms with Crippen molar-refractivity contribution < 1.29 is 9.90 Å². The van der Waals surface area contributed by atoms with Gasteiger partial charge in [0.15, 0.2) is 5.78 Å². The second-order valence-corrected chi connectivity index (χ2v) is 4.84. The van der Waals surface area contributed by atoms with Crippen molar-refractivity contribution in [1.29, 1.82) is 0 Å². The lowest BCUT2D eigenvalue weighted by molar-refractivity contribution is 0.101. The lowest BCUT2D eigenvalue weighted by atomic mass is 10.1. The number of hydrogen-bond acceptors (Lipinski definition) is 3. The first-order valence-corrected chi connectivity index (χ1v) is 6.32. The molecular weight excluding hydrogens is 266 g/mol. The predicted octanol–water partition coefficient (Wildman–Crippen LogP) is 2.89.